The van der Waals surface area contributed by atoms with Crippen molar-refractivity contribution in [1.82, 2.24) is 9.55 Å². The van der Waals surface area contributed by atoms with E-state index in [1.54, 1.807) is 0 Å². The Labute approximate surface area is 118 Å². The molecule has 1 saturated carbocycles. The lowest BCUT2D eigenvalue weighted by molar-refractivity contribution is -0.115. The van der Waals surface area contributed by atoms with Crippen LogP contribution in [-0.4, -0.2) is 22.0 Å². The van der Waals surface area contributed by atoms with Gasteiger partial charge in [0.25, 0.3) is 0 Å². The molecule has 0 radical (unpaired) electrons. The molecule has 1 aromatic heterocycles. The number of anilines is 1. The van der Waals surface area contributed by atoms with Crippen molar-refractivity contribution in [2.75, 3.05) is 11.9 Å². The lowest BCUT2D eigenvalue weighted by atomic mass is 9.95. The number of nitrogens with two attached hydrogens (primary N) is 1. The van der Waals surface area contributed by atoms with E-state index in [0.717, 1.165) is 23.9 Å². The second-order valence-corrected chi connectivity index (χ2v) is 5.34. The van der Waals surface area contributed by atoms with Gasteiger partial charge < -0.3 is 10.3 Å². The second-order valence-electron chi connectivity index (χ2n) is 5.34. The maximum Gasteiger partial charge on any atom is 0.240 e. The van der Waals surface area contributed by atoms with E-state index in [9.17, 15) is 4.79 Å². The predicted molar refractivity (Wildman–Crippen MR) is 79.5 cm³/mol. The molecule has 1 heterocycles. The molecule has 1 aliphatic carbocycles. The Morgan fingerprint density at radius 1 is 1.30 bits per heavy atom. The monoisotopic (exact) mass is 272 g/mol. The first kappa shape index (κ1) is 13.1. The zero-order chi connectivity index (χ0) is 13.9. The summed E-state index contributed by atoms with van der Waals surface area (Å²) in [5.41, 5.74) is 7.40. The van der Waals surface area contributed by atoms with Gasteiger partial charge in [-0.25, -0.2) is 4.98 Å². The highest BCUT2D eigenvalue weighted by Gasteiger charge is 2.21. The van der Waals surface area contributed by atoms with Gasteiger partial charge in [-0.1, -0.05) is 31.4 Å². The van der Waals surface area contributed by atoms with Gasteiger partial charge in [0.2, 0.25) is 11.9 Å². The van der Waals surface area contributed by atoms with Gasteiger partial charge in [-0.3, -0.25) is 10.1 Å². The fourth-order valence-electron chi connectivity index (χ4n) is 3.02. The summed E-state index contributed by atoms with van der Waals surface area (Å²) in [6.45, 7) is -0.0200. The quantitative estimate of drug-likeness (QED) is 0.901. The largest absolute Gasteiger partial charge is 0.322 e. The van der Waals surface area contributed by atoms with Crippen LogP contribution in [0.15, 0.2) is 24.3 Å². The maximum atomic E-state index is 11.6. The van der Waals surface area contributed by atoms with E-state index in [2.05, 4.69) is 20.9 Å². The topological polar surface area (TPSA) is 72.9 Å². The van der Waals surface area contributed by atoms with Crippen LogP contribution in [0.4, 0.5) is 5.95 Å². The third-order valence-corrected chi connectivity index (χ3v) is 3.97. The summed E-state index contributed by atoms with van der Waals surface area (Å²) in [7, 11) is 0. The van der Waals surface area contributed by atoms with Crippen molar-refractivity contribution >= 4 is 22.9 Å². The Balaban J connectivity index is 2.05. The summed E-state index contributed by atoms with van der Waals surface area (Å²) in [6.07, 6.45) is 6.06. The fraction of sp³-hybridized carbons (Fsp3) is 0.467. The van der Waals surface area contributed by atoms with E-state index in [1.165, 1.54) is 19.3 Å². The van der Waals surface area contributed by atoms with Crippen LogP contribution in [0.1, 0.15) is 38.1 Å². The van der Waals surface area contributed by atoms with Gasteiger partial charge in [0.15, 0.2) is 0 Å². The first-order valence-electron chi connectivity index (χ1n) is 7.26. The lowest BCUT2D eigenvalue weighted by Gasteiger charge is -2.25. The van der Waals surface area contributed by atoms with Crippen molar-refractivity contribution in [3.05, 3.63) is 24.3 Å². The minimum atomic E-state index is -0.197. The number of imidazole rings is 1. The summed E-state index contributed by atoms with van der Waals surface area (Å²) in [5, 5.41) is 2.83. The van der Waals surface area contributed by atoms with E-state index in [4.69, 9.17) is 5.73 Å². The molecule has 0 atom stereocenters. The Bertz CT molecular complexity index is 613. The third kappa shape index (κ3) is 2.41. The summed E-state index contributed by atoms with van der Waals surface area (Å²) < 4.78 is 2.18. The first-order valence-corrected chi connectivity index (χ1v) is 7.26. The zero-order valence-corrected chi connectivity index (χ0v) is 11.5. The summed E-state index contributed by atoms with van der Waals surface area (Å²) in [5.74, 6) is 0.436. The lowest BCUT2D eigenvalue weighted by Crippen LogP contribution is -2.25. The number of para-hydroxylation sites is 2. The first-order chi connectivity index (χ1) is 9.79. The average molecular weight is 272 g/mol. The molecule has 3 N–H and O–H groups in total. The Hall–Kier alpha value is -1.88. The number of hydrogen-bond donors (Lipinski definition) is 2. The Kier molecular flexibility index (Phi) is 3.69. The molecule has 0 spiro atoms. The number of nitrogens with zero attached hydrogens (tertiary/aromatic N) is 2. The molecular formula is C15H20N4O. The van der Waals surface area contributed by atoms with Crippen LogP contribution in [0.25, 0.3) is 11.0 Å². The molecule has 20 heavy (non-hydrogen) atoms. The normalized spacial score (nSPS) is 16.4. The molecule has 5 nitrogen and oxygen atoms in total. The van der Waals surface area contributed by atoms with Gasteiger partial charge in [0.05, 0.1) is 17.6 Å². The highest BCUT2D eigenvalue weighted by molar-refractivity contribution is 5.92. The maximum absolute atomic E-state index is 11.6. The fourth-order valence-corrected chi connectivity index (χ4v) is 3.02. The van der Waals surface area contributed by atoms with Crippen molar-refractivity contribution in [2.45, 2.75) is 38.1 Å². The van der Waals surface area contributed by atoms with Crippen LogP contribution in [0.5, 0.6) is 0 Å². The molecule has 0 aliphatic heterocycles. The van der Waals surface area contributed by atoms with E-state index in [0.29, 0.717) is 12.0 Å². The number of nitrogens with one attached hydrogen (secondary N) is 1. The smallest absolute Gasteiger partial charge is 0.240 e. The molecule has 1 amide bonds. The number of benzene rings is 1. The standard InChI is InChI=1S/C15H20N4O/c16-10-14(20)18-15-17-12-8-4-5-9-13(12)19(15)11-6-2-1-3-7-11/h4-5,8-9,11H,1-3,6-7,10,16H2,(H,17,18,20). The zero-order valence-electron chi connectivity index (χ0n) is 11.5. The average Bonchev–Trinajstić information content (AvgIpc) is 2.85. The van der Waals surface area contributed by atoms with Crippen molar-refractivity contribution in [1.29, 1.82) is 0 Å². The molecular weight excluding hydrogens is 252 g/mol. The van der Waals surface area contributed by atoms with Gasteiger partial charge >= 0.3 is 0 Å². The Morgan fingerprint density at radius 2 is 2.05 bits per heavy atom. The van der Waals surface area contributed by atoms with E-state index >= 15 is 0 Å². The van der Waals surface area contributed by atoms with Crippen LogP contribution in [0.2, 0.25) is 0 Å². The molecule has 3 rings (SSSR count). The molecule has 106 valence electrons. The van der Waals surface area contributed by atoms with E-state index in [-0.39, 0.29) is 12.5 Å². The highest BCUT2D eigenvalue weighted by atomic mass is 16.2. The van der Waals surface area contributed by atoms with Crippen molar-refractivity contribution in [2.24, 2.45) is 5.73 Å². The van der Waals surface area contributed by atoms with Gasteiger partial charge in [-0.05, 0) is 25.0 Å². The molecule has 0 unspecified atom stereocenters. The van der Waals surface area contributed by atoms with Crippen LogP contribution in [-0.2, 0) is 4.79 Å². The molecule has 0 bridgehead atoms. The van der Waals surface area contributed by atoms with Gasteiger partial charge in [0.1, 0.15) is 0 Å². The molecule has 5 heteroatoms. The Morgan fingerprint density at radius 3 is 2.80 bits per heavy atom. The van der Waals surface area contributed by atoms with Crippen LogP contribution < -0.4 is 11.1 Å². The molecule has 1 aliphatic rings. The third-order valence-electron chi connectivity index (χ3n) is 3.97. The number of amides is 1. The van der Waals surface area contributed by atoms with Gasteiger partial charge in [0, 0.05) is 6.04 Å². The number of rotatable bonds is 3. The van der Waals surface area contributed by atoms with Crippen LogP contribution >= 0.6 is 0 Å². The molecule has 2 aromatic rings. The van der Waals surface area contributed by atoms with E-state index < -0.39 is 0 Å². The highest BCUT2D eigenvalue weighted by Crippen LogP contribution is 2.34. The molecule has 0 saturated heterocycles. The van der Waals surface area contributed by atoms with Gasteiger partial charge in [-0.2, -0.15) is 0 Å². The number of carbonyl (C=O) groups excluding carboxylic acids is 1. The van der Waals surface area contributed by atoms with Crippen molar-refractivity contribution in [3.8, 4) is 0 Å². The molecule has 1 aromatic carbocycles. The number of carbonyl (C=O) groups is 1. The minimum Gasteiger partial charge on any atom is -0.322 e. The van der Waals surface area contributed by atoms with E-state index in [1.807, 2.05) is 18.2 Å². The summed E-state index contributed by atoms with van der Waals surface area (Å²) >= 11 is 0. The number of hydrogen-bond acceptors (Lipinski definition) is 3. The van der Waals surface area contributed by atoms with Gasteiger partial charge in [-0.15, -0.1) is 0 Å². The summed E-state index contributed by atoms with van der Waals surface area (Å²) in [6, 6.07) is 8.44. The van der Waals surface area contributed by atoms with Crippen molar-refractivity contribution < 1.29 is 4.79 Å². The SMILES string of the molecule is NCC(=O)Nc1nc2ccccc2n1C1CCCCC1. The number of fused-ring (bicyclic) bond motifs is 1. The van der Waals surface area contributed by atoms with Crippen molar-refractivity contribution in [3.63, 3.8) is 0 Å². The van der Waals surface area contributed by atoms with Crippen LogP contribution in [0.3, 0.4) is 0 Å². The minimum absolute atomic E-state index is 0.0200. The second kappa shape index (κ2) is 5.63. The predicted octanol–water partition coefficient (Wildman–Crippen LogP) is 2.44. The summed E-state index contributed by atoms with van der Waals surface area (Å²) in [4.78, 5) is 16.2. The molecule has 1 fully saturated rings. The number of aromatic nitrogens is 2. The van der Waals surface area contributed by atoms with Crippen LogP contribution in [0, 0.1) is 0 Å².